The number of halogens is 2. The number of benzene rings is 1. The van der Waals surface area contributed by atoms with E-state index in [4.69, 9.17) is 0 Å². The summed E-state index contributed by atoms with van der Waals surface area (Å²) in [5.41, 5.74) is -0.0810. The number of aromatic nitrogens is 3. The van der Waals surface area contributed by atoms with Gasteiger partial charge in [0.05, 0.1) is 6.54 Å². The fourth-order valence-electron chi connectivity index (χ4n) is 1.77. The second-order valence-corrected chi connectivity index (χ2v) is 4.05. The zero-order valence-corrected chi connectivity index (χ0v) is 10.1. The first-order valence-corrected chi connectivity index (χ1v) is 5.49. The Hall–Kier alpha value is -1.82. The van der Waals surface area contributed by atoms with Crippen LogP contribution in [-0.2, 0) is 6.54 Å². The van der Waals surface area contributed by atoms with Crippen LogP contribution >= 0.6 is 0 Å². The highest BCUT2D eigenvalue weighted by atomic mass is 19.2. The summed E-state index contributed by atoms with van der Waals surface area (Å²) in [5, 5.41) is 14.0. The van der Waals surface area contributed by atoms with E-state index in [0.717, 1.165) is 6.07 Å². The van der Waals surface area contributed by atoms with Gasteiger partial charge in [0, 0.05) is 5.56 Å². The molecule has 0 aliphatic rings. The van der Waals surface area contributed by atoms with Crippen LogP contribution in [0.4, 0.5) is 8.78 Å². The molecule has 2 rings (SSSR count). The normalized spacial score (nSPS) is 12.7. The third-order valence-electron chi connectivity index (χ3n) is 2.65. The van der Waals surface area contributed by atoms with Crippen molar-refractivity contribution in [1.82, 2.24) is 14.8 Å². The Morgan fingerprint density at radius 3 is 2.67 bits per heavy atom. The molecule has 0 aliphatic heterocycles. The molecule has 1 unspecified atom stereocenters. The van der Waals surface area contributed by atoms with E-state index in [1.807, 2.05) is 0 Å². The lowest BCUT2D eigenvalue weighted by Gasteiger charge is -2.12. The van der Waals surface area contributed by atoms with E-state index in [-0.39, 0.29) is 12.1 Å². The minimum atomic E-state index is -1.17. The van der Waals surface area contributed by atoms with E-state index in [1.54, 1.807) is 13.8 Å². The molecular weight excluding hydrogens is 240 g/mol. The van der Waals surface area contributed by atoms with E-state index in [9.17, 15) is 13.9 Å². The number of nitrogens with zero attached hydrogens (tertiary/aromatic N) is 3. The summed E-state index contributed by atoms with van der Waals surface area (Å²) in [7, 11) is 0. The SMILES string of the molecule is Cc1nc(C)n(CC(O)c2cccc(F)c2F)n1. The number of aliphatic hydroxyl groups excluding tert-OH is 1. The van der Waals surface area contributed by atoms with Crippen molar-refractivity contribution in [1.29, 1.82) is 0 Å². The molecule has 6 heteroatoms. The Labute approximate surface area is 103 Å². The summed E-state index contributed by atoms with van der Waals surface area (Å²) < 4.78 is 28.0. The van der Waals surface area contributed by atoms with Gasteiger partial charge in [-0.05, 0) is 19.9 Å². The summed E-state index contributed by atoms with van der Waals surface area (Å²) in [6.45, 7) is 3.49. The molecule has 1 N–H and O–H groups in total. The van der Waals surface area contributed by atoms with E-state index >= 15 is 0 Å². The van der Waals surface area contributed by atoms with E-state index in [2.05, 4.69) is 10.1 Å². The quantitative estimate of drug-likeness (QED) is 0.909. The van der Waals surface area contributed by atoms with Gasteiger partial charge >= 0.3 is 0 Å². The molecule has 1 heterocycles. The third-order valence-corrected chi connectivity index (χ3v) is 2.65. The van der Waals surface area contributed by atoms with Crippen LogP contribution in [0.25, 0.3) is 0 Å². The van der Waals surface area contributed by atoms with Crippen LogP contribution in [-0.4, -0.2) is 19.9 Å². The largest absolute Gasteiger partial charge is 0.386 e. The van der Waals surface area contributed by atoms with E-state index in [1.165, 1.54) is 16.8 Å². The molecule has 0 bridgehead atoms. The molecule has 0 spiro atoms. The summed E-state index contributed by atoms with van der Waals surface area (Å²) in [5.74, 6) is -0.819. The van der Waals surface area contributed by atoms with Gasteiger partial charge in [0.25, 0.3) is 0 Å². The Morgan fingerprint density at radius 1 is 1.33 bits per heavy atom. The second-order valence-electron chi connectivity index (χ2n) is 4.05. The van der Waals surface area contributed by atoms with Crippen molar-refractivity contribution in [3.8, 4) is 0 Å². The Bertz CT molecular complexity index is 568. The molecule has 0 saturated heterocycles. The van der Waals surface area contributed by atoms with Crippen molar-refractivity contribution in [2.75, 3.05) is 0 Å². The number of hydrogen-bond donors (Lipinski definition) is 1. The van der Waals surface area contributed by atoms with Gasteiger partial charge < -0.3 is 5.11 Å². The van der Waals surface area contributed by atoms with Gasteiger partial charge in [0.15, 0.2) is 11.6 Å². The zero-order valence-electron chi connectivity index (χ0n) is 10.1. The predicted octanol–water partition coefficient (Wildman–Crippen LogP) is 1.91. The highest BCUT2D eigenvalue weighted by Crippen LogP contribution is 2.20. The predicted molar refractivity (Wildman–Crippen MR) is 60.8 cm³/mol. The maximum atomic E-state index is 13.5. The molecule has 1 aromatic carbocycles. The molecule has 0 amide bonds. The van der Waals surface area contributed by atoms with Crippen LogP contribution in [0.3, 0.4) is 0 Å². The van der Waals surface area contributed by atoms with E-state index < -0.39 is 17.7 Å². The average Bonchev–Trinajstić information content (AvgIpc) is 2.61. The molecule has 1 aromatic heterocycles. The van der Waals surface area contributed by atoms with Crippen molar-refractivity contribution >= 4 is 0 Å². The Kier molecular flexibility index (Phi) is 3.38. The lowest BCUT2D eigenvalue weighted by atomic mass is 10.1. The summed E-state index contributed by atoms with van der Waals surface area (Å²) in [4.78, 5) is 4.07. The lowest BCUT2D eigenvalue weighted by Crippen LogP contribution is -2.13. The number of aliphatic hydroxyl groups is 1. The molecule has 96 valence electrons. The smallest absolute Gasteiger partial charge is 0.164 e. The topological polar surface area (TPSA) is 50.9 Å². The molecule has 0 radical (unpaired) electrons. The fourth-order valence-corrected chi connectivity index (χ4v) is 1.77. The molecule has 1 atom stereocenters. The molecule has 4 nitrogen and oxygen atoms in total. The number of aryl methyl sites for hydroxylation is 2. The molecule has 0 aliphatic carbocycles. The van der Waals surface area contributed by atoms with Crippen molar-refractivity contribution in [2.24, 2.45) is 0 Å². The lowest BCUT2D eigenvalue weighted by molar-refractivity contribution is 0.145. The van der Waals surface area contributed by atoms with Crippen LogP contribution in [0.2, 0.25) is 0 Å². The minimum absolute atomic E-state index is 0.0348. The van der Waals surface area contributed by atoms with Crippen LogP contribution < -0.4 is 0 Å². The molecule has 0 fully saturated rings. The molecule has 0 saturated carbocycles. The Balaban J connectivity index is 2.24. The first-order chi connectivity index (χ1) is 8.49. The summed E-state index contributed by atoms with van der Waals surface area (Å²) in [6, 6.07) is 3.72. The van der Waals surface area contributed by atoms with Gasteiger partial charge in [-0.15, -0.1) is 0 Å². The first kappa shape index (κ1) is 12.6. The highest BCUT2D eigenvalue weighted by molar-refractivity contribution is 5.21. The first-order valence-electron chi connectivity index (χ1n) is 5.49. The van der Waals surface area contributed by atoms with Gasteiger partial charge in [-0.2, -0.15) is 5.10 Å². The van der Waals surface area contributed by atoms with Crippen molar-refractivity contribution in [2.45, 2.75) is 26.5 Å². The van der Waals surface area contributed by atoms with Crippen molar-refractivity contribution < 1.29 is 13.9 Å². The van der Waals surface area contributed by atoms with Crippen LogP contribution in [0.1, 0.15) is 23.3 Å². The van der Waals surface area contributed by atoms with Crippen LogP contribution in [0.5, 0.6) is 0 Å². The van der Waals surface area contributed by atoms with Gasteiger partial charge in [0.1, 0.15) is 17.8 Å². The van der Waals surface area contributed by atoms with E-state index in [0.29, 0.717) is 11.6 Å². The highest BCUT2D eigenvalue weighted by Gasteiger charge is 2.17. The molecule has 2 aromatic rings. The average molecular weight is 253 g/mol. The standard InChI is InChI=1S/C12H13F2N3O/c1-7-15-8(2)17(16-7)6-11(18)9-4-3-5-10(13)12(9)14/h3-5,11,18H,6H2,1-2H3. The second kappa shape index (κ2) is 4.81. The van der Waals surface area contributed by atoms with Crippen molar-refractivity contribution in [3.63, 3.8) is 0 Å². The maximum absolute atomic E-state index is 13.5. The third kappa shape index (κ3) is 2.38. The number of rotatable bonds is 3. The van der Waals surface area contributed by atoms with Crippen LogP contribution in [0, 0.1) is 25.5 Å². The number of hydrogen-bond acceptors (Lipinski definition) is 3. The maximum Gasteiger partial charge on any atom is 0.164 e. The summed E-state index contributed by atoms with van der Waals surface area (Å²) >= 11 is 0. The van der Waals surface area contributed by atoms with Crippen molar-refractivity contribution in [3.05, 3.63) is 47.0 Å². The van der Waals surface area contributed by atoms with Gasteiger partial charge in [-0.1, -0.05) is 12.1 Å². The van der Waals surface area contributed by atoms with Gasteiger partial charge in [-0.3, -0.25) is 0 Å². The zero-order chi connectivity index (χ0) is 13.3. The minimum Gasteiger partial charge on any atom is -0.386 e. The fraction of sp³-hybridized carbons (Fsp3) is 0.333. The van der Waals surface area contributed by atoms with Gasteiger partial charge in [-0.25, -0.2) is 18.4 Å². The molecular formula is C12H13F2N3O. The summed E-state index contributed by atoms with van der Waals surface area (Å²) in [6.07, 6.45) is -1.17. The monoisotopic (exact) mass is 253 g/mol. The van der Waals surface area contributed by atoms with Gasteiger partial charge in [0.2, 0.25) is 0 Å². The molecule has 18 heavy (non-hydrogen) atoms. The Morgan fingerprint density at radius 2 is 2.06 bits per heavy atom. The van der Waals surface area contributed by atoms with Crippen LogP contribution in [0.15, 0.2) is 18.2 Å².